The number of carbonyl (C=O) groups is 3. The fourth-order valence-electron chi connectivity index (χ4n) is 2.27. The standard InChI is InChI=1S/C18H26N2O7/c1-10(2)15(17(22)19-9-14(27-5)18(23)24)20-16(21)11-6-12(25-3)8-13(7-11)26-4/h6-8,10,14-15H,9H2,1-5H3,(H,19,22)(H,20,21)(H,23,24). The molecule has 9 nitrogen and oxygen atoms in total. The highest BCUT2D eigenvalue weighted by Gasteiger charge is 2.26. The summed E-state index contributed by atoms with van der Waals surface area (Å²) in [6.45, 7) is 3.32. The normalized spacial score (nSPS) is 12.8. The van der Waals surface area contributed by atoms with E-state index >= 15 is 0 Å². The van der Waals surface area contributed by atoms with Crippen LogP contribution in [0.15, 0.2) is 18.2 Å². The summed E-state index contributed by atoms with van der Waals surface area (Å²) in [7, 11) is 4.17. The van der Waals surface area contributed by atoms with Gasteiger partial charge in [0.05, 0.1) is 20.8 Å². The average molecular weight is 382 g/mol. The first kappa shape index (κ1) is 22.2. The average Bonchev–Trinajstić information content (AvgIpc) is 2.64. The van der Waals surface area contributed by atoms with E-state index in [1.54, 1.807) is 19.9 Å². The molecule has 0 spiro atoms. The number of carboxylic acid groups (broad SMARTS) is 1. The van der Waals surface area contributed by atoms with Crippen molar-refractivity contribution in [1.29, 1.82) is 0 Å². The molecule has 0 aliphatic heterocycles. The van der Waals surface area contributed by atoms with Crippen LogP contribution in [0.25, 0.3) is 0 Å². The maximum absolute atomic E-state index is 12.6. The Kier molecular flexibility index (Phi) is 8.53. The van der Waals surface area contributed by atoms with Crippen LogP contribution in [0, 0.1) is 5.92 Å². The molecule has 0 fully saturated rings. The lowest BCUT2D eigenvalue weighted by Crippen LogP contribution is -2.51. The zero-order valence-corrected chi connectivity index (χ0v) is 16.1. The largest absolute Gasteiger partial charge is 0.497 e. The number of amides is 2. The molecule has 1 rings (SSSR count). The highest BCUT2D eigenvalue weighted by Crippen LogP contribution is 2.22. The van der Waals surface area contributed by atoms with Gasteiger partial charge in [-0.15, -0.1) is 0 Å². The monoisotopic (exact) mass is 382 g/mol. The molecule has 2 atom stereocenters. The fraction of sp³-hybridized carbons (Fsp3) is 0.500. The van der Waals surface area contributed by atoms with Crippen LogP contribution in [0.4, 0.5) is 0 Å². The van der Waals surface area contributed by atoms with Crippen LogP contribution in [0.1, 0.15) is 24.2 Å². The third-order valence-electron chi connectivity index (χ3n) is 3.87. The van der Waals surface area contributed by atoms with E-state index in [9.17, 15) is 14.4 Å². The first-order valence-corrected chi connectivity index (χ1v) is 8.30. The van der Waals surface area contributed by atoms with Crippen LogP contribution >= 0.6 is 0 Å². The molecule has 27 heavy (non-hydrogen) atoms. The summed E-state index contributed by atoms with van der Waals surface area (Å²) in [4.78, 5) is 36.0. The smallest absolute Gasteiger partial charge is 0.334 e. The molecule has 3 N–H and O–H groups in total. The number of nitrogens with one attached hydrogen (secondary N) is 2. The van der Waals surface area contributed by atoms with Crippen molar-refractivity contribution < 1.29 is 33.7 Å². The van der Waals surface area contributed by atoms with Crippen LogP contribution in [-0.4, -0.2) is 62.9 Å². The molecule has 1 aromatic rings. The summed E-state index contributed by atoms with van der Waals surface area (Å²) < 4.78 is 15.1. The third kappa shape index (κ3) is 6.45. The van der Waals surface area contributed by atoms with Crippen molar-refractivity contribution in [3.05, 3.63) is 23.8 Å². The van der Waals surface area contributed by atoms with E-state index in [0.29, 0.717) is 11.5 Å². The van der Waals surface area contributed by atoms with Crippen LogP contribution < -0.4 is 20.1 Å². The molecular weight excluding hydrogens is 356 g/mol. The molecule has 0 heterocycles. The van der Waals surface area contributed by atoms with Crippen LogP contribution in [0.2, 0.25) is 0 Å². The second-order valence-electron chi connectivity index (χ2n) is 6.10. The Morgan fingerprint density at radius 3 is 2.00 bits per heavy atom. The lowest BCUT2D eigenvalue weighted by molar-refractivity contribution is -0.148. The highest BCUT2D eigenvalue weighted by molar-refractivity contribution is 5.98. The predicted molar refractivity (Wildman–Crippen MR) is 97.1 cm³/mol. The maximum atomic E-state index is 12.6. The van der Waals surface area contributed by atoms with E-state index < -0.39 is 29.9 Å². The molecule has 0 aromatic heterocycles. The number of carboxylic acids is 1. The molecular formula is C18H26N2O7. The van der Waals surface area contributed by atoms with Gasteiger partial charge >= 0.3 is 5.97 Å². The van der Waals surface area contributed by atoms with E-state index in [-0.39, 0.29) is 18.0 Å². The first-order valence-electron chi connectivity index (χ1n) is 8.30. The van der Waals surface area contributed by atoms with E-state index in [1.807, 2.05) is 0 Å². The summed E-state index contributed by atoms with van der Waals surface area (Å²) in [6, 6.07) is 3.82. The summed E-state index contributed by atoms with van der Waals surface area (Å²) in [5, 5.41) is 14.1. The zero-order valence-electron chi connectivity index (χ0n) is 16.1. The van der Waals surface area contributed by atoms with Crippen molar-refractivity contribution in [2.75, 3.05) is 27.9 Å². The third-order valence-corrected chi connectivity index (χ3v) is 3.87. The van der Waals surface area contributed by atoms with Gasteiger partial charge in [-0.2, -0.15) is 0 Å². The predicted octanol–water partition coefficient (Wildman–Crippen LogP) is 0.674. The Morgan fingerprint density at radius 2 is 1.59 bits per heavy atom. The lowest BCUT2D eigenvalue weighted by Gasteiger charge is -2.23. The van der Waals surface area contributed by atoms with Crippen molar-refractivity contribution in [2.45, 2.75) is 26.0 Å². The van der Waals surface area contributed by atoms with E-state index in [0.717, 1.165) is 0 Å². The van der Waals surface area contributed by atoms with Crippen molar-refractivity contribution in [1.82, 2.24) is 10.6 Å². The van der Waals surface area contributed by atoms with Crippen LogP contribution in [0.5, 0.6) is 11.5 Å². The minimum atomic E-state index is -1.19. The number of rotatable bonds is 10. The van der Waals surface area contributed by atoms with E-state index in [4.69, 9.17) is 19.3 Å². The summed E-state index contributed by atoms with van der Waals surface area (Å²) in [5.41, 5.74) is 0.268. The van der Waals surface area contributed by atoms with Crippen molar-refractivity contribution in [2.24, 2.45) is 5.92 Å². The molecule has 0 radical (unpaired) electrons. The first-order chi connectivity index (χ1) is 12.7. The van der Waals surface area contributed by atoms with Crippen molar-refractivity contribution >= 4 is 17.8 Å². The lowest BCUT2D eigenvalue weighted by atomic mass is 10.0. The summed E-state index contributed by atoms with van der Waals surface area (Å²) in [6.07, 6.45) is -1.17. The summed E-state index contributed by atoms with van der Waals surface area (Å²) >= 11 is 0. The molecule has 0 saturated carbocycles. The number of methoxy groups -OCH3 is 3. The second kappa shape index (κ2) is 10.4. The molecule has 150 valence electrons. The topological polar surface area (TPSA) is 123 Å². The number of benzene rings is 1. The van der Waals surface area contributed by atoms with Gasteiger partial charge in [-0.25, -0.2) is 4.79 Å². The van der Waals surface area contributed by atoms with Gasteiger partial charge < -0.3 is 30.0 Å². The van der Waals surface area contributed by atoms with Gasteiger partial charge in [-0.05, 0) is 18.1 Å². The molecule has 9 heteroatoms. The Morgan fingerprint density at radius 1 is 1.04 bits per heavy atom. The van der Waals surface area contributed by atoms with Crippen molar-refractivity contribution in [3.8, 4) is 11.5 Å². The zero-order chi connectivity index (χ0) is 20.6. The van der Waals surface area contributed by atoms with Gasteiger partial charge in [-0.3, -0.25) is 9.59 Å². The molecule has 0 aliphatic rings. The van der Waals surface area contributed by atoms with Gasteiger partial charge in [0.25, 0.3) is 5.91 Å². The number of hydrogen-bond acceptors (Lipinski definition) is 6. The minimum Gasteiger partial charge on any atom is -0.497 e. The van der Waals surface area contributed by atoms with E-state index in [2.05, 4.69) is 10.6 Å². The summed E-state index contributed by atoms with van der Waals surface area (Å²) in [5.74, 6) is -1.53. The molecule has 2 amide bonds. The van der Waals surface area contributed by atoms with Gasteiger partial charge in [0, 0.05) is 18.7 Å². The van der Waals surface area contributed by atoms with Gasteiger partial charge in [0.15, 0.2) is 6.10 Å². The van der Waals surface area contributed by atoms with Crippen LogP contribution in [0.3, 0.4) is 0 Å². The van der Waals surface area contributed by atoms with E-state index in [1.165, 1.54) is 33.5 Å². The molecule has 1 aromatic carbocycles. The number of ether oxygens (including phenoxy) is 3. The van der Waals surface area contributed by atoms with Gasteiger partial charge in [0.1, 0.15) is 17.5 Å². The molecule has 0 saturated heterocycles. The fourth-order valence-corrected chi connectivity index (χ4v) is 2.27. The Hall–Kier alpha value is -2.81. The molecule has 0 aliphatic carbocycles. The van der Waals surface area contributed by atoms with Crippen molar-refractivity contribution in [3.63, 3.8) is 0 Å². The Bertz CT molecular complexity index is 653. The number of hydrogen-bond donors (Lipinski definition) is 3. The highest BCUT2D eigenvalue weighted by atomic mass is 16.5. The number of aliphatic carboxylic acids is 1. The second-order valence-corrected chi connectivity index (χ2v) is 6.10. The molecule has 0 bridgehead atoms. The van der Waals surface area contributed by atoms with Gasteiger partial charge in [-0.1, -0.05) is 13.8 Å². The Balaban J connectivity index is 2.88. The quantitative estimate of drug-likeness (QED) is 0.543. The minimum absolute atomic E-state index is 0.212. The molecule has 2 unspecified atom stereocenters. The van der Waals surface area contributed by atoms with Crippen LogP contribution in [-0.2, 0) is 14.3 Å². The SMILES string of the molecule is COc1cc(OC)cc(C(=O)NC(C(=O)NCC(OC)C(=O)O)C(C)C)c1. The number of carbonyl (C=O) groups excluding carboxylic acids is 2. The Labute approximate surface area is 158 Å². The maximum Gasteiger partial charge on any atom is 0.334 e. The van der Waals surface area contributed by atoms with Gasteiger partial charge in [0.2, 0.25) is 5.91 Å².